The van der Waals surface area contributed by atoms with Crippen LogP contribution in [0.3, 0.4) is 0 Å². The van der Waals surface area contributed by atoms with Gasteiger partial charge < -0.3 is 5.73 Å². The number of thiophene rings is 1. The third-order valence-corrected chi connectivity index (χ3v) is 5.75. The summed E-state index contributed by atoms with van der Waals surface area (Å²) in [5, 5.41) is 2.16. The van der Waals surface area contributed by atoms with Gasteiger partial charge in [-0.25, -0.2) is 0 Å². The zero-order chi connectivity index (χ0) is 13.2. The average molecular weight is 266 g/mol. The molecule has 0 aromatic carbocycles. The van der Waals surface area contributed by atoms with Gasteiger partial charge in [-0.15, -0.1) is 11.3 Å². The summed E-state index contributed by atoms with van der Waals surface area (Å²) in [5.41, 5.74) is 8.09. The topological polar surface area (TPSA) is 29.3 Å². The predicted molar refractivity (Wildman–Crippen MR) is 80.1 cm³/mol. The molecule has 1 aromatic rings. The van der Waals surface area contributed by atoms with Crippen molar-refractivity contribution in [2.45, 2.75) is 58.0 Å². The number of nitrogens with two attached hydrogens (primary N) is 1. The van der Waals surface area contributed by atoms with Gasteiger partial charge in [0.1, 0.15) is 0 Å². The quantitative estimate of drug-likeness (QED) is 0.900. The van der Waals surface area contributed by atoms with Crippen LogP contribution in [0.5, 0.6) is 0 Å². The van der Waals surface area contributed by atoms with E-state index in [1.807, 2.05) is 11.3 Å². The van der Waals surface area contributed by atoms with Gasteiger partial charge in [0, 0.05) is 10.4 Å². The maximum atomic E-state index is 6.63. The molecule has 2 nitrogen and oxygen atoms in total. The molecule has 102 valence electrons. The molecule has 2 rings (SSSR count). The van der Waals surface area contributed by atoms with E-state index >= 15 is 0 Å². The van der Waals surface area contributed by atoms with Crippen LogP contribution in [0.1, 0.15) is 56.0 Å². The first-order chi connectivity index (χ1) is 8.59. The Labute approximate surface area is 115 Å². The van der Waals surface area contributed by atoms with Crippen molar-refractivity contribution in [3.63, 3.8) is 0 Å². The Hall–Kier alpha value is -0.380. The SMILES string of the molecule is CCC(C)(C(N)c1sccc1C)N1CCCCC1. The van der Waals surface area contributed by atoms with Crippen LogP contribution in [0.2, 0.25) is 0 Å². The lowest BCUT2D eigenvalue weighted by Crippen LogP contribution is -2.54. The van der Waals surface area contributed by atoms with Crippen LogP contribution in [0.25, 0.3) is 0 Å². The lowest BCUT2D eigenvalue weighted by Gasteiger charge is -2.46. The molecule has 1 saturated heterocycles. The molecule has 0 aliphatic carbocycles. The molecule has 1 aliphatic heterocycles. The second kappa shape index (κ2) is 5.72. The summed E-state index contributed by atoms with van der Waals surface area (Å²) in [6.07, 6.45) is 5.15. The summed E-state index contributed by atoms with van der Waals surface area (Å²) >= 11 is 1.81. The van der Waals surface area contributed by atoms with Crippen LogP contribution in [0.15, 0.2) is 11.4 Å². The molecule has 3 heteroatoms. The molecular formula is C15H26N2S. The highest BCUT2D eigenvalue weighted by Crippen LogP contribution is 2.37. The minimum Gasteiger partial charge on any atom is -0.322 e. The highest BCUT2D eigenvalue weighted by molar-refractivity contribution is 7.10. The van der Waals surface area contributed by atoms with E-state index in [0.717, 1.165) is 6.42 Å². The molecule has 0 saturated carbocycles. The maximum absolute atomic E-state index is 6.63. The molecule has 1 fully saturated rings. The number of hydrogen-bond acceptors (Lipinski definition) is 3. The molecule has 2 N–H and O–H groups in total. The minimum absolute atomic E-state index is 0.107. The molecule has 1 aliphatic rings. The molecule has 2 atom stereocenters. The first kappa shape index (κ1) is 14.0. The largest absolute Gasteiger partial charge is 0.322 e. The van der Waals surface area contributed by atoms with Crippen LogP contribution in [-0.4, -0.2) is 23.5 Å². The van der Waals surface area contributed by atoms with E-state index < -0.39 is 0 Å². The van der Waals surface area contributed by atoms with Gasteiger partial charge >= 0.3 is 0 Å². The van der Waals surface area contributed by atoms with E-state index in [-0.39, 0.29) is 11.6 Å². The van der Waals surface area contributed by atoms with Gasteiger partial charge in [0.15, 0.2) is 0 Å². The molecule has 0 bridgehead atoms. The van der Waals surface area contributed by atoms with Crippen molar-refractivity contribution >= 4 is 11.3 Å². The Bertz CT molecular complexity index is 382. The normalized spacial score (nSPS) is 22.7. The summed E-state index contributed by atoms with van der Waals surface area (Å²) in [4.78, 5) is 3.99. The Morgan fingerprint density at radius 3 is 2.56 bits per heavy atom. The standard InChI is InChI=1S/C15H26N2S/c1-4-15(3,17-9-6-5-7-10-17)14(16)13-12(2)8-11-18-13/h8,11,14H,4-7,9-10,16H2,1-3H3. The summed E-state index contributed by atoms with van der Waals surface area (Å²) < 4.78 is 0. The fourth-order valence-corrected chi connectivity index (χ4v) is 4.10. The molecule has 2 unspecified atom stereocenters. The van der Waals surface area contributed by atoms with Gasteiger partial charge in [0.05, 0.1) is 6.04 Å². The molecular weight excluding hydrogens is 240 g/mol. The summed E-state index contributed by atoms with van der Waals surface area (Å²) in [6, 6.07) is 2.33. The number of nitrogens with zero attached hydrogens (tertiary/aromatic N) is 1. The Morgan fingerprint density at radius 1 is 1.39 bits per heavy atom. The second-order valence-corrected chi connectivity index (χ2v) is 6.65. The van der Waals surface area contributed by atoms with E-state index in [1.54, 1.807) is 0 Å². The van der Waals surface area contributed by atoms with E-state index in [4.69, 9.17) is 5.73 Å². The number of likely N-dealkylation sites (tertiary alicyclic amines) is 1. The van der Waals surface area contributed by atoms with Crippen molar-refractivity contribution < 1.29 is 0 Å². The Kier molecular flexibility index (Phi) is 4.46. The Morgan fingerprint density at radius 2 is 2.06 bits per heavy atom. The second-order valence-electron chi connectivity index (χ2n) is 5.70. The monoisotopic (exact) mass is 266 g/mol. The fraction of sp³-hybridized carbons (Fsp3) is 0.733. The van der Waals surface area contributed by atoms with Crippen LogP contribution >= 0.6 is 11.3 Å². The van der Waals surface area contributed by atoms with Gasteiger partial charge in [-0.05, 0) is 63.2 Å². The van der Waals surface area contributed by atoms with E-state index in [9.17, 15) is 0 Å². The number of rotatable bonds is 4. The van der Waals surface area contributed by atoms with Gasteiger partial charge in [-0.3, -0.25) is 4.90 Å². The van der Waals surface area contributed by atoms with Crippen molar-refractivity contribution in [2.75, 3.05) is 13.1 Å². The van der Waals surface area contributed by atoms with Crippen LogP contribution in [0.4, 0.5) is 0 Å². The third kappa shape index (κ3) is 2.49. The van der Waals surface area contributed by atoms with Crippen molar-refractivity contribution in [3.8, 4) is 0 Å². The lowest BCUT2D eigenvalue weighted by molar-refractivity contribution is 0.0550. The molecule has 18 heavy (non-hydrogen) atoms. The van der Waals surface area contributed by atoms with Gasteiger partial charge in [0.2, 0.25) is 0 Å². The number of piperidine rings is 1. The van der Waals surface area contributed by atoms with E-state index in [0.29, 0.717) is 0 Å². The fourth-order valence-electron chi connectivity index (χ4n) is 3.03. The Balaban J connectivity index is 2.22. The van der Waals surface area contributed by atoms with E-state index in [1.165, 1.54) is 42.8 Å². The molecule has 0 spiro atoms. The van der Waals surface area contributed by atoms with Crippen molar-refractivity contribution in [3.05, 3.63) is 21.9 Å². The number of aryl methyl sites for hydroxylation is 1. The first-order valence-electron chi connectivity index (χ1n) is 7.14. The first-order valence-corrected chi connectivity index (χ1v) is 8.02. The zero-order valence-corrected chi connectivity index (χ0v) is 12.7. The van der Waals surface area contributed by atoms with Crippen LogP contribution in [0, 0.1) is 6.92 Å². The van der Waals surface area contributed by atoms with Gasteiger partial charge in [-0.2, -0.15) is 0 Å². The predicted octanol–water partition coefficient (Wildman–Crippen LogP) is 3.71. The average Bonchev–Trinajstić information content (AvgIpc) is 2.84. The van der Waals surface area contributed by atoms with E-state index in [2.05, 4.69) is 37.1 Å². The van der Waals surface area contributed by atoms with Crippen LogP contribution < -0.4 is 5.73 Å². The van der Waals surface area contributed by atoms with Crippen LogP contribution in [-0.2, 0) is 0 Å². The molecule has 1 aromatic heterocycles. The summed E-state index contributed by atoms with van der Waals surface area (Å²) in [6.45, 7) is 9.22. The summed E-state index contributed by atoms with van der Waals surface area (Å²) in [5.74, 6) is 0. The minimum atomic E-state index is 0.107. The molecule has 0 amide bonds. The zero-order valence-electron chi connectivity index (χ0n) is 11.9. The van der Waals surface area contributed by atoms with Crippen molar-refractivity contribution in [1.82, 2.24) is 4.90 Å². The lowest BCUT2D eigenvalue weighted by atomic mass is 9.84. The highest BCUT2D eigenvalue weighted by Gasteiger charge is 2.38. The highest BCUT2D eigenvalue weighted by atomic mass is 32.1. The third-order valence-electron chi connectivity index (χ3n) is 4.65. The van der Waals surface area contributed by atoms with Crippen molar-refractivity contribution in [2.24, 2.45) is 5.73 Å². The van der Waals surface area contributed by atoms with Gasteiger partial charge in [0.25, 0.3) is 0 Å². The van der Waals surface area contributed by atoms with Crippen molar-refractivity contribution in [1.29, 1.82) is 0 Å². The summed E-state index contributed by atoms with van der Waals surface area (Å²) in [7, 11) is 0. The molecule has 2 heterocycles. The molecule has 0 radical (unpaired) electrons. The van der Waals surface area contributed by atoms with Gasteiger partial charge in [-0.1, -0.05) is 13.3 Å². The maximum Gasteiger partial charge on any atom is 0.0576 e. The number of hydrogen-bond donors (Lipinski definition) is 1. The smallest absolute Gasteiger partial charge is 0.0576 e.